The van der Waals surface area contributed by atoms with E-state index in [1.165, 1.54) is 18.2 Å². The molecule has 0 saturated carbocycles. The van der Waals surface area contributed by atoms with Crippen LogP contribution >= 0.6 is 11.3 Å². The average Bonchev–Trinajstić information content (AvgIpc) is 3.67. The minimum absolute atomic E-state index is 0.0917. The highest BCUT2D eigenvalue weighted by Gasteiger charge is 2.68. The van der Waals surface area contributed by atoms with Crippen molar-refractivity contribution in [2.45, 2.75) is 31.2 Å². The monoisotopic (exact) mass is 772 g/mol. The first kappa shape index (κ1) is 34.7. The number of nitrogens with zero attached hydrogens (tertiary/aromatic N) is 4. The maximum atomic E-state index is 15.2. The van der Waals surface area contributed by atoms with Crippen LogP contribution in [0.1, 0.15) is 53.6 Å². The Bertz CT molecular complexity index is 2970. The third-order valence-electron chi connectivity index (χ3n) is 12.0. The molecule has 5 aliphatic rings. The first-order valence-electron chi connectivity index (χ1n) is 18.7. The number of fused-ring (bicyclic) bond motifs is 2. The zero-order valence-electron chi connectivity index (χ0n) is 30.6. The van der Waals surface area contributed by atoms with Crippen molar-refractivity contribution in [3.63, 3.8) is 0 Å². The van der Waals surface area contributed by atoms with Gasteiger partial charge in [-0.3, -0.25) is 29.1 Å². The summed E-state index contributed by atoms with van der Waals surface area (Å²) in [6.07, 6.45) is 1.82. The van der Waals surface area contributed by atoms with Crippen LogP contribution in [0.5, 0.6) is 0 Å². The molecule has 3 heterocycles. The first-order chi connectivity index (χ1) is 27.7. The molecule has 6 aromatic rings. The number of aromatic nitrogens is 1. The van der Waals surface area contributed by atoms with Crippen molar-refractivity contribution in [1.82, 2.24) is 4.57 Å². The summed E-state index contributed by atoms with van der Waals surface area (Å²) in [5, 5.41) is 14.0. The number of nitro groups is 1. The lowest BCUT2D eigenvalue weighted by molar-refractivity contribution is -0.384. The largest absolute Gasteiger partial charge is 0.463 e. The fourth-order valence-corrected chi connectivity index (χ4v) is 11.0. The number of anilines is 1. The zero-order valence-corrected chi connectivity index (χ0v) is 31.4. The fraction of sp³-hybridized carbons (Fsp3) is 0.178. The van der Waals surface area contributed by atoms with E-state index in [1.807, 2.05) is 97.1 Å². The summed E-state index contributed by atoms with van der Waals surface area (Å²) in [6.45, 7) is 3.59. The number of hydrogen-bond donors (Lipinski definition) is 0. The molecular formula is C45H32N4O7S. The van der Waals surface area contributed by atoms with Crippen LogP contribution < -0.4 is 19.8 Å². The number of esters is 1. The predicted octanol–water partition coefficient (Wildman–Crippen LogP) is 6.06. The SMILES string of the molecule is CCOC(=O)C1=C(C)N=c2s/c(=C/C34c5ccccc5C(c5ccccc53)[C@@H]3C(=O)N(c5ccccc5[N+](=O)[O-])C(=O)[C@@H]34)c(=O)n2[C@@H]1c1cccc2ccccc12. The highest BCUT2D eigenvalue weighted by Crippen LogP contribution is 2.65. The van der Waals surface area contributed by atoms with Gasteiger partial charge in [-0.25, -0.2) is 14.7 Å². The summed E-state index contributed by atoms with van der Waals surface area (Å²) in [5.74, 6) is -4.15. The molecule has 3 aliphatic carbocycles. The van der Waals surface area contributed by atoms with E-state index in [2.05, 4.69) is 0 Å². The van der Waals surface area contributed by atoms with Crippen LogP contribution in [0.4, 0.5) is 11.4 Å². The maximum absolute atomic E-state index is 15.2. The second-order valence-electron chi connectivity index (χ2n) is 14.7. The van der Waals surface area contributed by atoms with Crippen molar-refractivity contribution >= 4 is 57.3 Å². The molecule has 0 unspecified atom stereocenters. The molecular weight excluding hydrogens is 741 g/mol. The molecule has 1 saturated heterocycles. The van der Waals surface area contributed by atoms with E-state index in [9.17, 15) is 19.7 Å². The summed E-state index contributed by atoms with van der Waals surface area (Å²) < 4.78 is 7.37. The van der Waals surface area contributed by atoms with Gasteiger partial charge in [0.25, 0.3) is 11.2 Å². The van der Waals surface area contributed by atoms with Crippen LogP contribution in [-0.2, 0) is 24.5 Å². The van der Waals surface area contributed by atoms with Crippen molar-refractivity contribution in [1.29, 1.82) is 0 Å². The van der Waals surface area contributed by atoms with Gasteiger partial charge in [0, 0.05) is 12.0 Å². The third-order valence-corrected chi connectivity index (χ3v) is 13.0. The summed E-state index contributed by atoms with van der Waals surface area (Å²) >= 11 is 1.15. The number of amides is 2. The van der Waals surface area contributed by atoms with Crippen molar-refractivity contribution in [2.75, 3.05) is 11.5 Å². The lowest BCUT2D eigenvalue weighted by Crippen LogP contribution is -2.53. The molecule has 2 amide bonds. The Morgan fingerprint density at radius 3 is 2.21 bits per heavy atom. The quantitative estimate of drug-likeness (QED) is 0.0868. The van der Waals surface area contributed by atoms with Gasteiger partial charge in [0.2, 0.25) is 11.8 Å². The van der Waals surface area contributed by atoms with E-state index in [1.54, 1.807) is 24.5 Å². The summed E-state index contributed by atoms with van der Waals surface area (Å²) in [5.41, 5.74) is 2.43. The van der Waals surface area contributed by atoms with Crippen LogP contribution in [0.3, 0.4) is 0 Å². The minimum atomic E-state index is -1.34. The molecule has 280 valence electrons. The average molecular weight is 773 g/mol. The van der Waals surface area contributed by atoms with Gasteiger partial charge in [0.15, 0.2) is 4.80 Å². The second-order valence-corrected chi connectivity index (χ2v) is 15.7. The molecule has 3 atom stereocenters. The molecule has 57 heavy (non-hydrogen) atoms. The van der Waals surface area contributed by atoms with Gasteiger partial charge >= 0.3 is 5.97 Å². The van der Waals surface area contributed by atoms with Gasteiger partial charge in [0.05, 0.1) is 50.6 Å². The van der Waals surface area contributed by atoms with Gasteiger partial charge < -0.3 is 4.74 Å². The number of benzene rings is 5. The molecule has 1 aromatic heterocycles. The predicted molar refractivity (Wildman–Crippen MR) is 213 cm³/mol. The number of allylic oxidation sites excluding steroid dienone is 1. The normalized spacial score (nSPS) is 23.2. The Balaban J connectivity index is 1.27. The Labute approximate surface area is 328 Å². The van der Waals surface area contributed by atoms with E-state index in [0.29, 0.717) is 10.5 Å². The van der Waals surface area contributed by atoms with E-state index >= 15 is 9.59 Å². The molecule has 1 fully saturated rings. The number of thiazole rings is 1. The van der Waals surface area contributed by atoms with E-state index in [4.69, 9.17) is 9.73 Å². The van der Waals surface area contributed by atoms with Gasteiger partial charge in [-0.2, -0.15) is 0 Å². The number of carbonyl (C=O) groups excluding carboxylic acids is 3. The first-order valence-corrected chi connectivity index (χ1v) is 19.5. The Morgan fingerprint density at radius 1 is 0.860 bits per heavy atom. The standard InChI is InChI=1S/C45H32N4O7S/c1-3-56-43(53)35-24(2)46-44-48(39(35)27-18-12-14-25-13-4-5-15-26(25)27)40(50)34(57-44)23-45-30-19-8-6-16-28(30)36(29-17-7-9-20-31(29)45)37-38(45)42(52)47(41(37)51)32-21-10-11-22-33(32)49(54)55/h4-23,36-39H,3H2,1-2H3/b34-23+/t36?,37-,38+,39+,45?/m0/s1. The molecule has 11 nitrogen and oxygen atoms in total. The highest BCUT2D eigenvalue weighted by molar-refractivity contribution is 7.07. The zero-order chi connectivity index (χ0) is 39.3. The van der Waals surface area contributed by atoms with Crippen LogP contribution in [0, 0.1) is 22.0 Å². The second kappa shape index (κ2) is 12.6. The van der Waals surface area contributed by atoms with E-state index < -0.39 is 57.5 Å². The molecule has 0 spiro atoms. The van der Waals surface area contributed by atoms with Crippen molar-refractivity contribution < 1.29 is 24.0 Å². The van der Waals surface area contributed by atoms with Crippen LogP contribution in [0.25, 0.3) is 16.8 Å². The van der Waals surface area contributed by atoms with E-state index in [-0.39, 0.29) is 28.1 Å². The van der Waals surface area contributed by atoms with Crippen LogP contribution in [-0.4, -0.2) is 33.9 Å². The maximum Gasteiger partial charge on any atom is 0.338 e. The van der Waals surface area contributed by atoms with Gasteiger partial charge in [0.1, 0.15) is 5.69 Å². The number of ether oxygens (including phenoxy) is 1. The van der Waals surface area contributed by atoms with Crippen molar-refractivity contribution in [3.8, 4) is 0 Å². The fourth-order valence-electron chi connectivity index (χ4n) is 9.90. The number of imide groups is 1. The number of hydrogen-bond acceptors (Lipinski definition) is 9. The molecule has 2 bridgehead atoms. The molecule has 12 heteroatoms. The van der Waals surface area contributed by atoms with E-state index in [0.717, 1.165) is 54.8 Å². The minimum Gasteiger partial charge on any atom is -0.463 e. The third kappa shape index (κ3) is 4.67. The topological polar surface area (TPSA) is 141 Å². The number of carbonyl (C=O) groups is 3. The smallest absolute Gasteiger partial charge is 0.338 e. The number of para-hydroxylation sites is 2. The summed E-state index contributed by atoms with van der Waals surface area (Å²) in [6, 6.07) is 33.8. The highest BCUT2D eigenvalue weighted by atomic mass is 32.1. The molecule has 5 aromatic carbocycles. The number of rotatable bonds is 6. The Hall–Kier alpha value is -6.79. The summed E-state index contributed by atoms with van der Waals surface area (Å²) in [4.78, 5) is 76.7. The molecule has 0 N–H and O–H groups in total. The lowest BCUT2D eigenvalue weighted by Gasteiger charge is -2.53. The Morgan fingerprint density at radius 2 is 1.49 bits per heavy atom. The van der Waals surface area contributed by atoms with Gasteiger partial charge in [-0.05, 0) is 64.6 Å². The van der Waals surface area contributed by atoms with Crippen molar-refractivity contribution in [3.05, 3.63) is 184 Å². The van der Waals surface area contributed by atoms with Gasteiger partial charge in [-0.15, -0.1) is 0 Å². The number of nitro benzene ring substituents is 1. The van der Waals surface area contributed by atoms with Crippen molar-refractivity contribution in [2.24, 2.45) is 16.8 Å². The lowest BCUT2D eigenvalue weighted by atomic mass is 9.47. The molecule has 2 aliphatic heterocycles. The molecule has 0 radical (unpaired) electrons. The molecule has 11 rings (SSSR count). The van der Waals surface area contributed by atoms with Crippen LogP contribution in [0.2, 0.25) is 0 Å². The summed E-state index contributed by atoms with van der Waals surface area (Å²) in [7, 11) is 0. The van der Waals surface area contributed by atoms with Crippen LogP contribution in [0.15, 0.2) is 136 Å². The van der Waals surface area contributed by atoms with Gasteiger partial charge in [-0.1, -0.05) is 114 Å². The Kier molecular flexibility index (Phi) is 7.68.